The number of ether oxygens (including phenoxy) is 1. The Labute approximate surface area is 128 Å². The van der Waals surface area contributed by atoms with Crippen LogP contribution in [0.25, 0.3) is 0 Å². The molecular formula is C17H29F2NO. The Balaban J connectivity index is 4.11. The standard InChI is InChI=1S/C17H29F2NO/c1-4-8-17(11-10-16(19)9-6-12-18)21-15-7-14-20(3)13-5-2/h6,8-11,16H,4-5,7,12-15H2,1-3H3/b9-6+,11-10?,17-8+. The third-order valence-corrected chi connectivity index (χ3v) is 2.82. The number of hydrogen-bond acceptors (Lipinski definition) is 2. The van der Waals surface area contributed by atoms with Gasteiger partial charge in [-0.05, 0) is 57.2 Å². The minimum Gasteiger partial charge on any atom is -0.494 e. The van der Waals surface area contributed by atoms with Crippen molar-refractivity contribution in [2.75, 3.05) is 33.4 Å². The van der Waals surface area contributed by atoms with Crippen LogP contribution in [0.2, 0.25) is 0 Å². The quantitative estimate of drug-likeness (QED) is 0.228. The van der Waals surface area contributed by atoms with E-state index in [1.54, 1.807) is 6.08 Å². The van der Waals surface area contributed by atoms with Gasteiger partial charge < -0.3 is 9.64 Å². The van der Waals surface area contributed by atoms with Crippen LogP contribution in [0.5, 0.6) is 0 Å². The van der Waals surface area contributed by atoms with Crippen molar-refractivity contribution in [1.82, 2.24) is 4.90 Å². The fraction of sp³-hybridized carbons (Fsp3) is 0.647. The van der Waals surface area contributed by atoms with Gasteiger partial charge in [0.2, 0.25) is 0 Å². The largest absolute Gasteiger partial charge is 0.494 e. The summed E-state index contributed by atoms with van der Waals surface area (Å²) < 4.78 is 30.9. The lowest BCUT2D eigenvalue weighted by molar-refractivity contribution is 0.199. The highest BCUT2D eigenvalue weighted by atomic mass is 19.1. The second kappa shape index (κ2) is 13.8. The first-order chi connectivity index (χ1) is 10.1. The lowest BCUT2D eigenvalue weighted by Gasteiger charge is -2.15. The Morgan fingerprint density at radius 2 is 2.00 bits per heavy atom. The van der Waals surface area contributed by atoms with Gasteiger partial charge in [-0.25, -0.2) is 8.78 Å². The second-order valence-electron chi connectivity index (χ2n) is 4.91. The highest BCUT2D eigenvalue weighted by Crippen LogP contribution is 2.06. The normalized spacial score (nSPS) is 14.5. The predicted octanol–water partition coefficient (Wildman–Crippen LogP) is 4.45. The van der Waals surface area contributed by atoms with Crippen LogP contribution >= 0.6 is 0 Å². The maximum absolute atomic E-state index is 13.3. The summed E-state index contributed by atoms with van der Waals surface area (Å²) in [6.45, 7) is 6.20. The van der Waals surface area contributed by atoms with E-state index in [4.69, 9.17) is 4.74 Å². The van der Waals surface area contributed by atoms with E-state index < -0.39 is 12.8 Å². The molecule has 0 bridgehead atoms. The molecule has 0 heterocycles. The Kier molecular flexibility index (Phi) is 13.0. The summed E-state index contributed by atoms with van der Waals surface area (Å²) in [5.74, 6) is 0.673. The average Bonchev–Trinajstić information content (AvgIpc) is 2.47. The Hall–Kier alpha value is -1.16. The van der Waals surface area contributed by atoms with Gasteiger partial charge in [0.1, 0.15) is 18.6 Å². The van der Waals surface area contributed by atoms with Gasteiger partial charge in [-0.3, -0.25) is 0 Å². The van der Waals surface area contributed by atoms with Crippen molar-refractivity contribution in [3.8, 4) is 0 Å². The summed E-state index contributed by atoms with van der Waals surface area (Å²) in [7, 11) is 2.09. The Morgan fingerprint density at radius 3 is 2.62 bits per heavy atom. The molecule has 0 aliphatic heterocycles. The van der Waals surface area contributed by atoms with E-state index in [1.807, 2.05) is 13.0 Å². The van der Waals surface area contributed by atoms with Gasteiger partial charge in [-0.2, -0.15) is 0 Å². The molecule has 0 saturated carbocycles. The van der Waals surface area contributed by atoms with Gasteiger partial charge in [0.25, 0.3) is 0 Å². The molecule has 0 saturated heterocycles. The predicted molar refractivity (Wildman–Crippen MR) is 85.9 cm³/mol. The lowest BCUT2D eigenvalue weighted by atomic mass is 10.2. The van der Waals surface area contributed by atoms with E-state index in [2.05, 4.69) is 18.9 Å². The number of hydrogen-bond donors (Lipinski definition) is 0. The molecule has 1 atom stereocenters. The van der Waals surface area contributed by atoms with Crippen molar-refractivity contribution in [3.63, 3.8) is 0 Å². The lowest BCUT2D eigenvalue weighted by Crippen LogP contribution is -2.21. The molecule has 0 N–H and O–H groups in total. The number of allylic oxidation sites excluding steroid dienone is 5. The molecular weight excluding hydrogens is 272 g/mol. The summed E-state index contributed by atoms with van der Waals surface area (Å²) in [6, 6.07) is 0. The summed E-state index contributed by atoms with van der Waals surface area (Å²) in [6.07, 6.45) is 8.90. The fourth-order valence-corrected chi connectivity index (χ4v) is 1.83. The minimum atomic E-state index is -1.28. The molecule has 0 aromatic carbocycles. The van der Waals surface area contributed by atoms with E-state index in [1.165, 1.54) is 18.2 Å². The van der Waals surface area contributed by atoms with Crippen molar-refractivity contribution in [3.05, 3.63) is 36.1 Å². The smallest absolute Gasteiger partial charge is 0.137 e. The maximum Gasteiger partial charge on any atom is 0.137 e. The number of halogens is 2. The van der Waals surface area contributed by atoms with Gasteiger partial charge in [-0.15, -0.1) is 0 Å². The zero-order valence-corrected chi connectivity index (χ0v) is 13.5. The van der Waals surface area contributed by atoms with Crippen molar-refractivity contribution < 1.29 is 13.5 Å². The van der Waals surface area contributed by atoms with Crippen molar-refractivity contribution >= 4 is 0 Å². The van der Waals surface area contributed by atoms with Crippen LogP contribution in [0.1, 0.15) is 33.1 Å². The van der Waals surface area contributed by atoms with Crippen molar-refractivity contribution in [1.29, 1.82) is 0 Å². The topological polar surface area (TPSA) is 12.5 Å². The van der Waals surface area contributed by atoms with Crippen molar-refractivity contribution in [2.24, 2.45) is 0 Å². The highest BCUT2D eigenvalue weighted by molar-refractivity contribution is 5.15. The van der Waals surface area contributed by atoms with Crippen LogP contribution < -0.4 is 0 Å². The molecule has 0 amide bonds. The Morgan fingerprint density at radius 1 is 1.24 bits per heavy atom. The molecule has 4 heteroatoms. The van der Waals surface area contributed by atoms with Gasteiger partial charge in [0.15, 0.2) is 0 Å². The maximum atomic E-state index is 13.3. The zero-order chi connectivity index (χ0) is 15.9. The zero-order valence-electron chi connectivity index (χ0n) is 13.5. The molecule has 0 rings (SSSR count). The minimum absolute atomic E-state index is 0.613. The van der Waals surface area contributed by atoms with E-state index in [-0.39, 0.29) is 0 Å². The van der Waals surface area contributed by atoms with E-state index in [9.17, 15) is 8.78 Å². The van der Waals surface area contributed by atoms with E-state index >= 15 is 0 Å². The molecule has 0 spiro atoms. The molecule has 1 unspecified atom stereocenters. The first-order valence-corrected chi connectivity index (χ1v) is 7.70. The molecule has 0 aromatic heterocycles. The third kappa shape index (κ3) is 12.3. The monoisotopic (exact) mass is 301 g/mol. The summed E-state index contributed by atoms with van der Waals surface area (Å²) in [5, 5.41) is 0. The molecule has 0 aliphatic rings. The molecule has 0 fully saturated rings. The van der Waals surface area contributed by atoms with Crippen LogP contribution in [-0.4, -0.2) is 44.5 Å². The number of nitrogens with zero attached hydrogens (tertiary/aromatic N) is 1. The van der Waals surface area contributed by atoms with Gasteiger partial charge in [0.05, 0.1) is 6.61 Å². The molecule has 122 valence electrons. The molecule has 0 aromatic rings. The second-order valence-corrected chi connectivity index (χ2v) is 4.91. The van der Waals surface area contributed by atoms with Crippen LogP contribution in [0.3, 0.4) is 0 Å². The van der Waals surface area contributed by atoms with Gasteiger partial charge >= 0.3 is 0 Å². The number of alkyl halides is 2. The van der Waals surface area contributed by atoms with Crippen LogP contribution in [0.4, 0.5) is 8.78 Å². The van der Waals surface area contributed by atoms with Crippen LogP contribution in [-0.2, 0) is 4.74 Å². The summed E-state index contributed by atoms with van der Waals surface area (Å²) in [5.41, 5.74) is 0. The van der Waals surface area contributed by atoms with Gasteiger partial charge in [0, 0.05) is 6.54 Å². The molecule has 0 aliphatic carbocycles. The Bertz CT molecular complexity index is 327. The van der Waals surface area contributed by atoms with Gasteiger partial charge in [-0.1, -0.05) is 19.9 Å². The first kappa shape index (κ1) is 19.8. The summed E-state index contributed by atoms with van der Waals surface area (Å²) in [4.78, 5) is 2.27. The van der Waals surface area contributed by atoms with E-state index in [0.717, 1.165) is 32.4 Å². The van der Waals surface area contributed by atoms with E-state index in [0.29, 0.717) is 12.4 Å². The summed E-state index contributed by atoms with van der Waals surface area (Å²) >= 11 is 0. The molecule has 21 heavy (non-hydrogen) atoms. The molecule has 0 radical (unpaired) electrons. The van der Waals surface area contributed by atoms with Crippen LogP contribution in [0.15, 0.2) is 36.1 Å². The highest BCUT2D eigenvalue weighted by Gasteiger charge is 1.99. The first-order valence-electron chi connectivity index (χ1n) is 7.70. The molecule has 2 nitrogen and oxygen atoms in total. The van der Waals surface area contributed by atoms with Crippen molar-refractivity contribution in [2.45, 2.75) is 39.3 Å². The fourth-order valence-electron chi connectivity index (χ4n) is 1.83. The number of rotatable bonds is 12. The SMILES string of the molecule is CC/C=C(\C=CC(F)/C=C/CF)OCCCN(C)CCC. The average molecular weight is 301 g/mol. The third-order valence-electron chi connectivity index (χ3n) is 2.82. The van der Waals surface area contributed by atoms with Crippen LogP contribution in [0, 0.1) is 0 Å².